The molecule has 0 radical (unpaired) electrons. The summed E-state index contributed by atoms with van der Waals surface area (Å²) in [5, 5.41) is 13.0. The van der Waals surface area contributed by atoms with Crippen molar-refractivity contribution < 1.29 is 19.4 Å². The fourth-order valence-electron chi connectivity index (χ4n) is 2.62. The second-order valence-electron chi connectivity index (χ2n) is 5.47. The lowest BCUT2D eigenvalue weighted by Crippen LogP contribution is -2.57. The Hall–Kier alpha value is -1.18. The molecule has 2 aliphatic heterocycles. The van der Waals surface area contributed by atoms with Crippen LogP contribution in [0.3, 0.4) is 0 Å². The highest BCUT2D eigenvalue weighted by Crippen LogP contribution is 2.22. The number of amides is 2. The van der Waals surface area contributed by atoms with Crippen molar-refractivity contribution in [1.29, 1.82) is 0 Å². The normalized spacial score (nSPS) is 26.8. The number of rotatable bonds is 3. The molecular weight excluding hydrogens is 262 g/mol. The summed E-state index contributed by atoms with van der Waals surface area (Å²) in [6.45, 7) is 4.11. The predicted octanol–water partition coefficient (Wildman–Crippen LogP) is -1.24. The number of ether oxygens (including phenoxy) is 1. The van der Waals surface area contributed by atoms with Gasteiger partial charge in [0.1, 0.15) is 0 Å². The van der Waals surface area contributed by atoms with E-state index in [9.17, 15) is 14.7 Å². The van der Waals surface area contributed by atoms with Gasteiger partial charge < -0.3 is 25.0 Å². The van der Waals surface area contributed by atoms with E-state index in [1.165, 1.54) is 7.11 Å². The van der Waals surface area contributed by atoms with Gasteiger partial charge in [-0.25, -0.2) is 0 Å². The molecule has 0 aromatic rings. The van der Waals surface area contributed by atoms with Crippen LogP contribution in [-0.2, 0) is 14.3 Å². The summed E-state index contributed by atoms with van der Waals surface area (Å²) in [5.74, 6) is -1.21. The van der Waals surface area contributed by atoms with Gasteiger partial charge in [-0.05, 0) is 6.92 Å². The second-order valence-corrected chi connectivity index (χ2v) is 5.47. The van der Waals surface area contributed by atoms with Crippen LogP contribution in [0.15, 0.2) is 0 Å². The first kappa shape index (κ1) is 15.2. The summed E-state index contributed by atoms with van der Waals surface area (Å²) in [4.78, 5) is 27.4. The predicted molar refractivity (Wildman–Crippen MR) is 71.8 cm³/mol. The molecule has 2 heterocycles. The van der Waals surface area contributed by atoms with E-state index in [1.54, 1.807) is 16.7 Å². The van der Waals surface area contributed by atoms with Crippen molar-refractivity contribution in [2.75, 3.05) is 39.8 Å². The van der Waals surface area contributed by atoms with Gasteiger partial charge in [0, 0.05) is 46.1 Å². The Labute approximate surface area is 118 Å². The molecule has 0 spiro atoms. The fourth-order valence-corrected chi connectivity index (χ4v) is 2.62. The van der Waals surface area contributed by atoms with E-state index >= 15 is 0 Å². The number of carbonyl (C=O) groups is 2. The van der Waals surface area contributed by atoms with Crippen molar-refractivity contribution in [3.63, 3.8) is 0 Å². The second kappa shape index (κ2) is 6.07. The number of likely N-dealkylation sites (tertiary alicyclic amines) is 1. The molecule has 0 bridgehead atoms. The summed E-state index contributed by atoms with van der Waals surface area (Å²) in [7, 11) is 1.47. The molecule has 0 aromatic carbocycles. The zero-order chi connectivity index (χ0) is 14.8. The molecule has 7 heteroatoms. The van der Waals surface area contributed by atoms with Gasteiger partial charge in [-0.3, -0.25) is 9.59 Å². The molecule has 0 aromatic heterocycles. The number of hydrogen-bond acceptors (Lipinski definition) is 5. The molecule has 1 atom stereocenters. The molecule has 2 aliphatic rings. The number of carbonyl (C=O) groups excluding carboxylic acids is 2. The first-order valence-corrected chi connectivity index (χ1v) is 7.03. The smallest absolute Gasteiger partial charge is 0.242 e. The number of piperidine rings is 1. The molecule has 1 unspecified atom stereocenters. The standard InChI is InChI=1S/C13H23N3O4/c1-10-12(18)16(8-5-14-10)9-11(17)15-6-3-13(19,20-2)4-7-15/h10,14,19H,3-9H2,1-2H3. The van der Waals surface area contributed by atoms with E-state index in [1.807, 2.05) is 0 Å². The van der Waals surface area contributed by atoms with Gasteiger partial charge >= 0.3 is 0 Å². The maximum atomic E-state index is 12.2. The molecule has 2 fully saturated rings. The fraction of sp³-hybridized carbons (Fsp3) is 0.846. The Balaban J connectivity index is 1.85. The minimum atomic E-state index is -1.11. The van der Waals surface area contributed by atoms with Crippen LogP contribution in [0.25, 0.3) is 0 Å². The van der Waals surface area contributed by atoms with Gasteiger partial charge in [0.05, 0.1) is 12.6 Å². The molecule has 7 nitrogen and oxygen atoms in total. The minimum absolute atomic E-state index is 0.0324. The first-order valence-electron chi connectivity index (χ1n) is 7.03. The average Bonchev–Trinajstić information content (AvgIpc) is 2.44. The van der Waals surface area contributed by atoms with E-state index in [4.69, 9.17) is 4.74 Å². The molecule has 0 saturated carbocycles. The molecule has 114 valence electrons. The van der Waals surface area contributed by atoms with Crippen molar-refractivity contribution >= 4 is 11.8 Å². The quantitative estimate of drug-likeness (QED) is 0.634. The van der Waals surface area contributed by atoms with Crippen LogP contribution in [0.2, 0.25) is 0 Å². The Bertz CT molecular complexity index is 380. The van der Waals surface area contributed by atoms with Crippen molar-refractivity contribution in [1.82, 2.24) is 15.1 Å². The van der Waals surface area contributed by atoms with E-state index in [0.717, 1.165) is 0 Å². The molecule has 2 N–H and O–H groups in total. The lowest BCUT2D eigenvalue weighted by molar-refractivity contribution is -0.210. The first-order chi connectivity index (χ1) is 9.45. The van der Waals surface area contributed by atoms with Gasteiger partial charge in [0.2, 0.25) is 11.8 Å². The summed E-state index contributed by atoms with van der Waals surface area (Å²) in [6.07, 6.45) is 0.808. The zero-order valence-electron chi connectivity index (χ0n) is 12.1. The summed E-state index contributed by atoms with van der Waals surface area (Å²) in [5.41, 5.74) is 0. The highest BCUT2D eigenvalue weighted by atomic mass is 16.6. The number of nitrogens with zero attached hydrogens (tertiary/aromatic N) is 2. The number of hydrogen-bond donors (Lipinski definition) is 2. The maximum absolute atomic E-state index is 12.2. The third kappa shape index (κ3) is 3.28. The van der Waals surface area contributed by atoms with E-state index in [-0.39, 0.29) is 24.4 Å². The average molecular weight is 285 g/mol. The number of nitrogens with one attached hydrogen (secondary N) is 1. The van der Waals surface area contributed by atoms with Crippen LogP contribution in [0, 0.1) is 0 Å². The van der Waals surface area contributed by atoms with Crippen LogP contribution < -0.4 is 5.32 Å². The van der Waals surface area contributed by atoms with Crippen LogP contribution >= 0.6 is 0 Å². The van der Waals surface area contributed by atoms with Crippen LogP contribution in [0.5, 0.6) is 0 Å². The largest absolute Gasteiger partial charge is 0.365 e. The van der Waals surface area contributed by atoms with Crippen LogP contribution in [0.4, 0.5) is 0 Å². The number of aliphatic hydroxyl groups is 1. The topological polar surface area (TPSA) is 82.1 Å². The van der Waals surface area contributed by atoms with Gasteiger partial charge in [-0.2, -0.15) is 0 Å². The molecule has 2 amide bonds. The van der Waals surface area contributed by atoms with Gasteiger partial charge in [-0.15, -0.1) is 0 Å². The summed E-state index contributed by atoms with van der Waals surface area (Å²) in [6, 6.07) is -0.225. The van der Waals surface area contributed by atoms with Gasteiger partial charge in [-0.1, -0.05) is 0 Å². The number of piperazine rings is 1. The van der Waals surface area contributed by atoms with E-state index in [2.05, 4.69) is 5.32 Å². The third-order valence-corrected chi connectivity index (χ3v) is 4.12. The third-order valence-electron chi connectivity index (χ3n) is 4.12. The molecular formula is C13H23N3O4. The highest BCUT2D eigenvalue weighted by molar-refractivity contribution is 5.87. The Morgan fingerprint density at radius 1 is 1.45 bits per heavy atom. The Morgan fingerprint density at radius 3 is 2.70 bits per heavy atom. The van der Waals surface area contributed by atoms with Crippen molar-refractivity contribution in [2.45, 2.75) is 31.6 Å². The Morgan fingerprint density at radius 2 is 2.10 bits per heavy atom. The molecule has 2 rings (SSSR count). The lowest BCUT2D eigenvalue weighted by atomic mass is 10.0. The van der Waals surface area contributed by atoms with E-state index < -0.39 is 5.79 Å². The van der Waals surface area contributed by atoms with E-state index in [0.29, 0.717) is 39.0 Å². The van der Waals surface area contributed by atoms with Crippen molar-refractivity contribution in [2.24, 2.45) is 0 Å². The van der Waals surface area contributed by atoms with Crippen molar-refractivity contribution in [3.05, 3.63) is 0 Å². The van der Waals surface area contributed by atoms with Crippen LogP contribution in [-0.4, -0.2) is 78.4 Å². The van der Waals surface area contributed by atoms with Gasteiger partial charge in [0.25, 0.3) is 0 Å². The maximum Gasteiger partial charge on any atom is 0.242 e. The van der Waals surface area contributed by atoms with Crippen LogP contribution in [0.1, 0.15) is 19.8 Å². The Kier molecular flexibility index (Phi) is 4.62. The highest BCUT2D eigenvalue weighted by Gasteiger charge is 2.35. The molecule has 0 aliphatic carbocycles. The monoisotopic (exact) mass is 285 g/mol. The lowest BCUT2D eigenvalue weighted by Gasteiger charge is -2.38. The SMILES string of the molecule is COC1(O)CCN(C(=O)CN2CCNC(C)C2=O)CC1. The van der Waals surface area contributed by atoms with Gasteiger partial charge in [0.15, 0.2) is 5.79 Å². The summed E-state index contributed by atoms with van der Waals surface area (Å²) >= 11 is 0. The molecule has 2 saturated heterocycles. The minimum Gasteiger partial charge on any atom is -0.365 e. The van der Waals surface area contributed by atoms with Crippen molar-refractivity contribution in [3.8, 4) is 0 Å². The molecule has 20 heavy (non-hydrogen) atoms. The zero-order valence-corrected chi connectivity index (χ0v) is 12.1. The summed E-state index contributed by atoms with van der Waals surface area (Å²) < 4.78 is 5.03. The number of methoxy groups -OCH3 is 1.